The van der Waals surface area contributed by atoms with E-state index in [-0.39, 0.29) is 23.9 Å². The second-order valence-electron chi connectivity index (χ2n) is 6.00. The number of nitrogens with one attached hydrogen (secondary N) is 2. The smallest absolute Gasteiger partial charge is 0.387 e. The van der Waals surface area contributed by atoms with Gasteiger partial charge in [-0.3, -0.25) is 0 Å². The summed E-state index contributed by atoms with van der Waals surface area (Å²) >= 11 is 0. The van der Waals surface area contributed by atoms with E-state index in [0.29, 0.717) is 24.8 Å². The Balaban J connectivity index is 1.97. The molecule has 0 aromatic heterocycles. The third kappa shape index (κ3) is 5.33. The van der Waals surface area contributed by atoms with Crippen molar-refractivity contribution in [2.24, 2.45) is 0 Å². The van der Waals surface area contributed by atoms with Crippen molar-refractivity contribution >= 4 is 6.03 Å². The number of rotatable bonds is 6. The van der Waals surface area contributed by atoms with Gasteiger partial charge in [-0.05, 0) is 38.2 Å². The number of amides is 2. The lowest BCUT2D eigenvalue weighted by Crippen LogP contribution is -2.45. The highest BCUT2D eigenvalue weighted by molar-refractivity contribution is 5.75. The van der Waals surface area contributed by atoms with E-state index in [1.807, 2.05) is 6.92 Å². The first-order valence-electron chi connectivity index (χ1n) is 8.28. The van der Waals surface area contributed by atoms with Crippen LogP contribution in [0.1, 0.15) is 50.6 Å². The maximum Gasteiger partial charge on any atom is 0.387 e. The summed E-state index contributed by atoms with van der Waals surface area (Å²) < 4.78 is 29.6. The summed E-state index contributed by atoms with van der Waals surface area (Å²) in [6.45, 7) is -1.05. The zero-order valence-electron chi connectivity index (χ0n) is 13.7. The standard InChI is InChI=1S/C17H24F2N2O3/c1-2-14(13-5-3-4-6-15(13)24-16(18)19)21-17(23)20-11-7-9-12(22)10-8-11/h3-6,11-12,14,16,22H,2,7-10H2,1H3,(H2,20,21,23). The minimum atomic E-state index is -2.91. The monoisotopic (exact) mass is 342 g/mol. The van der Waals surface area contributed by atoms with Crippen LogP contribution < -0.4 is 15.4 Å². The van der Waals surface area contributed by atoms with Crippen LogP contribution in [0.4, 0.5) is 13.6 Å². The first-order valence-corrected chi connectivity index (χ1v) is 8.28. The number of ether oxygens (including phenoxy) is 1. The molecular formula is C17H24F2N2O3. The molecule has 0 radical (unpaired) electrons. The summed E-state index contributed by atoms with van der Waals surface area (Å²) in [5.41, 5.74) is 0.523. The zero-order valence-corrected chi connectivity index (χ0v) is 13.7. The molecule has 134 valence electrons. The molecule has 1 saturated carbocycles. The highest BCUT2D eigenvalue weighted by atomic mass is 19.3. The maximum atomic E-state index is 12.5. The predicted octanol–water partition coefficient (Wildman–Crippen LogP) is 3.34. The molecule has 1 aliphatic carbocycles. The Morgan fingerprint density at radius 1 is 1.29 bits per heavy atom. The minimum absolute atomic E-state index is 0.0264. The summed E-state index contributed by atoms with van der Waals surface area (Å²) in [6, 6.07) is 5.73. The molecular weight excluding hydrogens is 318 g/mol. The van der Waals surface area contributed by atoms with E-state index in [2.05, 4.69) is 15.4 Å². The molecule has 3 N–H and O–H groups in total. The molecule has 1 aromatic carbocycles. The second-order valence-corrected chi connectivity index (χ2v) is 6.00. The van der Waals surface area contributed by atoms with E-state index in [0.717, 1.165) is 12.8 Å². The van der Waals surface area contributed by atoms with Gasteiger partial charge in [0.1, 0.15) is 5.75 Å². The normalized spacial score (nSPS) is 22.0. The molecule has 2 rings (SSSR count). The van der Waals surface area contributed by atoms with Gasteiger partial charge in [-0.15, -0.1) is 0 Å². The van der Waals surface area contributed by atoms with Crippen molar-refractivity contribution < 1.29 is 23.4 Å². The van der Waals surface area contributed by atoms with Crippen molar-refractivity contribution in [3.8, 4) is 5.75 Å². The van der Waals surface area contributed by atoms with Crippen molar-refractivity contribution in [3.63, 3.8) is 0 Å². The maximum absolute atomic E-state index is 12.5. The molecule has 1 fully saturated rings. The van der Waals surface area contributed by atoms with Gasteiger partial charge in [-0.1, -0.05) is 25.1 Å². The number of para-hydroxylation sites is 1. The molecule has 5 nitrogen and oxygen atoms in total. The minimum Gasteiger partial charge on any atom is -0.434 e. The van der Waals surface area contributed by atoms with Crippen LogP contribution in [0.25, 0.3) is 0 Å². The third-order valence-corrected chi connectivity index (χ3v) is 4.26. The van der Waals surface area contributed by atoms with E-state index in [1.165, 1.54) is 6.07 Å². The van der Waals surface area contributed by atoms with E-state index in [1.54, 1.807) is 18.2 Å². The van der Waals surface area contributed by atoms with E-state index < -0.39 is 12.7 Å². The lowest BCUT2D eigenvalue weighted by molar-refractivity contribution is -0.0506. The number of halogens is 2. The first-order chi connectivity index (χ1) is 11.5. The van der Waals surface area contributed by atoms with Crippen molar-refractivity contribution in [3.05, 3.63) is 29.8 Å². The topological polar surface area (TPSA) is 70.6 Å². The van der Waals surface area contributed by atoms with Gasteiger partial charge in [0.2, 0.25) is 0 Å². The van der Waals surface area contributed by atoms with Gasteiger partial charge in [0.15, 0.2) is 0 Å². The number of aliphatic hydroxyl groups excluding tert-OH is 1. The SMILES string of the molecule is CCC(NC(=O)NC1CCC(O)CC1)c1ccccc1OC(F)F. The molecule has 0 bridgehead atoms. The van der Waals surface area contributed by atoms with Gasteiger partial charge in [0.05, 0.1) is 12.1 Å². The van der Waals surface area contributed by atoms with Crippen LogP contribution in [0.2, 0.25) is 0 Å². The zero-order chi connectivity index (χ0) is 17.5. The fourth-order valence-corrected chi connectivity index (χ4v) is 2.98. The summed E-state index contributed by atoms with van der Waals surface area (Å²) in [6.07, 6.45) is 3.07. The highest BCUT2D eigenvalue weighted by Crippen LogP contribution is 2.28. The second kappa shape index (κ2) is 8.82. The van der Waals surface area contributed by atoms with Gasteiger partial charge >= 0.3 is 12.6 Å². The molecule has 0 spiro atoms. The molecule has 1 atom stereocenters. The number of urea groups is 1. The van der Waals surface area contributed by atoms with Crippen LogP contribution in [-0.4, -0.2) is 29.9 Å². The van der Waals surface area contributed by atoms with Gasteiger partial charge in [-0.2, -0.15) is 8.78 Å². The molecule has 2 amide bonds. The van der Waals surface area contributed by atoms with Crippen molar-refractivity contribution in [2.45, 2.75) is 63.8 Å². The Hall–Kier alpha value is -1.89. The van der Waals surface area contributed by atoms with Crippen LogP contribution in [0.3, 0.4) is 0 Å². The fraction of sp³-hybridized carbons (Fsp3) is 0.588. The third-order valence-electron chi connectivity index (χ3n) is 4.26. The predicted molar refractivity (Wildman–Crippen MR) is 86.0 cm³/mol. The molecule has 1 aliphatic rings. The largest absolute Gasteiger partial charge is 0.434 e. The number of carbonyl (C=O) groups excluding carboxylic acids is 1. The molecule has 1 aromatic rings. The van der Waals surface area contributed by atoms with Crippen LogP contribution in [0.15, 0.2) is 24.3 Å². The number of aliphatic hydroxyl groups is 1. The number of benzene rings is 1. The van der Waals surface area contributed by atoms with Crippen LogP contribution in [0.5, 0.6) is 5.75 Å². The van der Waals surface area contributed by atoms with Crippen LogP contribution in [-0.2, 0) is 0 Å². The van der Waals surface area contributed by atoms with Crippen LogP contribution >= 0.6 is 0 Å². The molecule has 0 heterocycles. The van der Waals surface area contributed by atoms with Crippen molar-refractivity contribution in [1.82, 2.24) is 10.6 Å². The van der Waals surface area contributed by atoms with Gasteiger partial charge < -0.3 is 20.5 Å². The summed E-state index contributed by atoms with van der Waals surface area (Å²) in [5.74, 6) is 0.0699. The highest BCUT2D eigenvalue weighted by Gasteiger charge is 2.23. The average molecular weight is 342 g/mol. The van der Waals surface area contributed by atoms with E-state index in [9.17, 15) is 18.7 Å². The molecule has 1 unspecified atom stereocenters. The Kier molecular flexibility index (Phi) is 6.78. The number of alkyl halides is 2. The van der Waals surface area contributed by atoms with Crippen molar-refractivity contribution in [1.29, 1.82) is 0 Å². The van der Waals surface area contributed by atoms with Gasteiger partial charge in [-0.25, -0.2) is 4.79 Å². The average Bonchev–Trinajstić information content (AvgIpc) is 2.55. The quantitative estimate of drug-likeness (QED) is 0.742. The van der Waals surface area contributed by atoms with E-state index in [4.69, 9.17) is 0 Å². The number of hydrogen-bond acceptors (Lipinski definition) is 3. The van der Waals surface area contributed by atoms with Crippen LogP contribution in [0, 0.1) is 0 Å². The lowest BCUT2D eigenvalue weighted by Gasteiger charge is -2.27. The van der Waals surface area contributed by atoms with E-state index >= 15 is 0 Å². The van der Waals surface area contributed by atoms with Gasteiger partial charge in [0, 0.05) is 11.6 Å². The Labute approximate surface area is 140 Å². The number of hydrogen-bond donors (Lipinski definition) is 3. The summed E-state index contributed by atoms with van der Waals surface area (Å²) in [4.78, 5) is 12.2. The number of carbonyl (C=O) groups is 1. The summed E-state index contributed by atoms with van der Waals surface area (Å²) in [5, 5.41) is 15.2. The Morgan fingerprint density at radius 2 is 1.96 bits per heavy atom. The summed E-state index contributed by atoms with van der Waals surface area (Å²) in [7, 11) is 0. The Morgan fingerprint density at radius 3 is 2.58 bits per heavy atom. The lowest BCUT2D eigenvalue weighted by atomic mass is 9.93. The molecule has 0 saturated heterocycles. The fourth-order valence-electron chi connectivity index (χ4n) is 2.98. The molecule has 7 heteroatoms. The Bertz CT molecular complexity index is 534. The molecule has 0 aliphatic heterocycles. The van der Waals surface area contributed by atoms with Crippen molar-refractivity contribution in [2.75, 3.05) is 0 Å². The van der Waals surface area contributed by atoms with Gasteiger partial charge in [0.25, 0.3) is 0 Å². The molecule has 24 heavy (non-hydrogen) atoms. The first kappa shape index (κ1) is 18.4.